The number of carbonyl (C=O) groups is 1. The number of ether oxygens (including phenoxy) is 1. The van der Waals surface area contributed by atoms with Crippen LogP contribution in [0.4, 0.5) is 5.69 Å². The van der Waals surface area contributed by atoms with Crippen LogP contribution in [0.3, 0.4) is 0 Å². The number of nitrogens with zero attached hydrogens (tertiary/aromatic N) is 1. The first-order chi connectivity index (χ1) is 13.8. The number of benzene rings is 2. The number of pyridine rings is 1. The number of anilines is 1. The summed E-state index contributed by atoms with van der Waals surface area (Å²) in [6.45, 7) is 3.83. The second-order valence-electron chi connectivity index (χ2n) is 6.72. The van der Waals surface area contributed by atoms with E-state index in [4.69, 9.17) is 32.4 Å². The van der Waals surface area contributed by atoms with E-state index in [1.54, 1.807) is 12.1 Å². The summed E-state index contributed by atoms with van der Waals surface area (Å²) in [4.78, 5) is 13.1. The lowest BCUT2D eigenvalue weighted by Gasteiger charge is -2.13. The van der Waals surface area contributed by atoms with Crippen LogP contribution in [0.5, 0.6) is 5.75 Å². The van der Waals surface area contributed by atoms with E-state index in [-0.39, 0.29) is 21.8 Å². The molecule has 1 N–H and O–H groups in total. The molecule has 0 aliphatic heterocycles. The molecule has 29 heavy (non-hydrogen) atoms. The Morgan fingerprint density at radius 1 is 1.14 bits per heavy atom. The third-order valence-corrected chi connectivity index (χ3v) is 4.87. The molecule has 1 amide bonds. The Bertz CT molecular complexity index is 1230. The molecule has 4 rings (SSSR count). The number of hydrogen-bond donors (Lipinski definition) is 1. The van der Waals surface area contributed by atoms with Crippen LogP contribution < -0.4 is 14.8 Å². The van der Waals surface area contributed by atoms with Crippen LogP contribution in [-0.2, 0) is 0 Å². The average Bonchev–Trinajstić information content (AvgIpc) is 3.04. The monoisotopic (exact) mass is 430 g/mol. The summed E-state index contributed by atoms with van der Waals surface area (Å²) in [5.41, 5.74) is 1.65. The third-order valence-electron chi connectivity index (χ3n) is 4.29. The lowest BCUT2D eigenvalue weighted by molar-refractivity contribution is -0.605. The molecule has 0 radical (unpaired) electrons. The summed E-state index contributed by atoms with van der Waals surface area (Å²) in [5.74, 6) is 0.107. The van der Waals surface area contributed by atoms with Crippen molar-refractivity contribution in [1.82, 2.24) is 0 Å². The first-order valence-corrected chi connectivity index (χ1v) is 9.61. The molecule has 8 heteroatoms. The number of furan rings is 1. The molecule has 6 nitrogen and oxygen atoms in total. The average molecular weight is 431 g/mol. The van der Waals surface area contributed by atoms with Crippen molar-refractivity contribution in [2.45, 2.75) is 20.0 Å². The number of hydrogen-bond acceptors (Lipinski definition) is 4. The third kappa shape index (κ3) is 3.57. The number of aromatic nitrogens is 1. The Morgan fingerprint density at radius 2 is 1.83 bits per heavy atom. The number of carbonyl (C=O) groups excluding carboxylic acids is 1. The van der Waals surface area contributed by atoms with Gasteiger partial charge in [-0.15, -0.1) is 0 Å². The van der Waals surface area contributed by atoms with Crippen molar-refractivity contribution in [2.24, 2.45) is 0 Å². The summed E-state index contributed by atoms with van der Waals surface area (Å²) < 4.78 is 12.3. The molecule has 0 unspecified atom stereocenters. The Morgan fingerprint density at radius 3 is 2.52 bits per heavy atom. The van der Waals surface area contributed by atoms with Gasteiger partial charge in [-0.3, -0.25) is 4.79 Å². The van der Waals surface area contributed by atoms with Gasteiger partial charge in [0.25, 0.3) is 5.91 Å². The van der Waals surface area contributed by atoms with Gasteiger partial charge in [0.05, 0.1) is 17.4 Å². The Hall–Kier alpha value is -2.96. The van der Waals surface area contributed by atoms with Crippen molar-refractivity contribution in [3.63, 3.8) is 0 Å². The molecule has 0 saturated heterocycles. The van der Waals surface area contributed by atoms with Gasteiger partial charge in [0.1, 0.15) is 15.6 Å². The van der Waals surface area contributed by atoms with Gasteiger partial charge < -0.3 is 19.7 Å². The summed E-state index contributed by atoms with van der Waals surface area (Å²) in [7, 11) is 0. The van der Waals surface area contributed by atoms with Gasteiger partial charge >= 0.3 is 0 Å². The smallest absolute Gasteiger partial charge is 0.256 e. The second-order valence-corrected chi connectivity index (χ2v) is 7.54. The van der Waals surface area contributed by atoms with Crippen LogP contribution in [0, 0.1) is 5.21 Å². The van der Waals surface area contributed by atoms with Gasteiger partial charge in [0.15, 0.2) is 11.3 Å². The fourth-order valence-corrected chi connectivity index (χ4v) is 3.68. The van der Waals surface area contributed by atoms with Gasteiger partial charge in [-0.25, -0.2) is 0 Å². The molecule has 0 saturated carbocycles. The van der Waals surface area contributed by atoms with Crippen molar-refractivity contribution in [3.05, 3.63) is 69.6 Å². The quantitative estimate of drug-likeness (QED) is 0.339. The van der Waals surface area contributed by atoms with Crippen LogP contribution >= 0.6 is 23.2 Å². The van der Waals surface area contributed by atoms with Crippen molar-refractivity contribution >= 4 is 56.7 Å². The summed E-state index contributed by atoms with van der Waals surface area (Å²) in [6, 6.07) is 10.8. The minimum atomic E-state index is -0.440. The maximum absolute atomic E-state index is 13.1. The number of amides is 1. The minimum Gasteiger partial charge on any atom is -0.619 e. The molecule has 0 aliphatic carbocycles. The van der Waals surface area contributed by atoms with Crippen LogP contribution in [0.1, 0.15) is 24.2 Å². The standard InChI is InChI=1S/C21H16Cl2N2O4/c1-11(2)28-17-8-7-13(18-12-5-3-4-6-16(12)29-20(17)18)21(26)24-19-14(22)9-25(27)10-15(19)23/h3-11H,1-2H3,(H,24,26). The highest BCUT2D eigenvalue weighted by Gasteiger charge is 2.22. The topological polar surface area (TPSA) is 78.4 Å². The van der Waals surface area contributed by atoms with Crippen LogP contribution in [0.25, 0.3) is 21.9 Å². The highest BCUT2D eigenvalue weighted by Crippen LogP contribution is 2.38. The zero-order chi connectivity index (χ0) is 20.7. The first kappa shape index (κ1) is 19.4. The number of fused-ring (bicyclic) bond motifs is 3. The molecule has 0 spiro atoms. The highest BCUT2D eigenvalue weighted by molar-refractivity contribution is 6.39. The van der Waals surface area contributed by atoms with Crippen molar-refractivity contribution < 1.29 is 18.7 Å². The van der Waals surface area contributed by atoms with Gasteiger partial charge in [-0.2, -0.15) is 4.73 Å². The molecule has 148 valence electrons. The number of halogens is 2. The van der Waals surface area contributed by atoms with E-state index in [2.05, 4.69) is 5.32 Å². The van der Waals surface area contributed by atoms with Gasteiger partial charge in [-0.05, 0) is 32.0 Å². The highest BCUT2D eigenvalue weighted by atomic mass is 35.5. The zero-order valence-corrected chi connectivity index (χ0v) is 17.0. The molecule has 0 bridgehead atoms. The van der Waals surface area contributed by atoms with E-state index >= 15 is 0 Å². The number of rotatable bonds is 4. The molecule has 2 heterocycles. The van der Waals surface area contributed by atoms with Crippen molar-refractivity contribution in [1.29, 1.82) is 0 Å². The van der Waals surface area contributed by atoms with Crippen molar-refractivity contribution in [3.8, 4) is 5.75 Å². The van der Waals surface area contributed by atoms with Crippen molar-refractivity contribution in [2.75, 3.05) is 5.32 Å². The van der Waals surface area contributed by atoms with E-state index in [9.17, 15) is 10.0 Å². The van der Waals surface area contributed by atoms with E-state index in [0.717, 1.165) is 17.8 Å². The molecule has 2 aromatic carbocycles. The fourth-order valence-electron chi connectivity index (χ4n) is 3.14. The lowest BCUT2D eigenvalue weighted by Crippen LogP contribution is -2.25. The minimum absolute atomic E-state index is 0.0360. The lowest BCUT2D eigenvalue weighted by atomic mass is 10.0. The van der Waals surface area contributed by atoms with Crippen LogP contribution in [0.2, 0.25) is 10.0 Å². The molecular weight excluding hydrogens is 415 g/mol. The fraction of sp³-hybridized carbons (Fsp3) is 0.143. The van der Waals surface area contributed by atoms with E-state index in [1.807, 2.05) is 38.1 Å². The molecule has 0 aliphatic rings. The first-order valence-electron chi connectivity index (χ1n) is 8.85. The maximum atomic E-state index is 13.1. The Kier molecular flexibility index (Phi) is 4.98. The molecule has 2 aromatic heterocycles. The van der Waals surface area contributed by atoms with Gasteiger partial charge in [0.2, 0.25) is 12.4 Å². The van der Waals surface area contributed by atoms with E-state index < -0.39 is 5.91 Å². The predicted octanol–water partition coefficient (Wildman–Crippen LogP) is 5.57. The largest absolute Gasteiger partial charge is 0.619 e. The molecular formula is C21H16Cl2N2O4. The Balaban J connectivity index is 1.87. The Labute approximate surface area is 176 Å². The number of para-hydroxylation sites is 1. The molecule has 0 atom stereocenters. The normalized spacial score (nSPS) is 11.3. The summed E-state index contributed by atoms with van der Waals surface area (Å²) in [5, 5.41) is 15.6. The van der Waals surface area contributed by atoms with Crippen LogP contribution in [0.15, 0.2) is 53.2 Å². The molecule has 4 aromatic rings. The predicted molar refractivity (Wildman–Crippen MR) is 113 cm³/mol. The summed E-state index contributed by atoms with van der Waals surface area (Å²) in [6.07, 6.45) is 2.17. The zero-order valence-electron chi connectivity index (χ0n) is 15.5. The van der Waals surface area contributed by atoms with Gasteiger partial charge in [-0.1, -0.05) is 41.4 Å². The van der Waals surface area contributed by atoms with Gasteiger partial charge in [0, 0.05) is 10.8 Å². The SMILES string of the molecule is CC(C)Oc1ccc(C(=O)Nc2c(Cl)c[n+]([O-])cc2Cl)c2c1oc1ccccc12. The number of nitrogens with one attached hydrogen (secondary N) is 1. The van der Waals surface area contributed by atoms with Crippen LogP contribution in [-0.4, -0.2) is 12.0 Å². The maximum Gasteiger partial charge on any atom is 0.256 e. The second kappa shape index (κ2) is 7.46. The summed E-state index contributed by atoms with van der Waals surface area (Å²) >= 11 is 12.2. The molecule has 0 fully saturated rings. The van der Waals surface area contributed by atoms with E-state index in [0.29, 0.717) is 32.6 Å². The van der Waals surface area contributed by atoms with E-state index in [1.165, 1.54) is 0 Å².